The molecule has 1 heterocycles. The molecule has 2 N–H and O–H groups in total. The molecule has 0 unspecified atom stereocenters. The first-order valence-electron chi connectivity index (χ1n) is 7.16. The van der Waals surface area contributed by atoms with E-state index in [1.165, 1.54) is 18.2 Å². The van der Waals surface area contributed by atoms with Crippen LogP contribution in [0.5, 0.6) is 0 Å². The lowest BCUT2D eigenvalue weighted by atomic mass is 10.2. The zero-order chi connectivity index (χ0) is 16.9. The molecule has 0 fully saturated rings. The van der Waals surface area contributed by atoms with E-state index in [0.29, 0.717) is 10.8 Å². The van der Waals surface area contributed by atoms with Crippen LogP contribution in [0.15, 0.2) is 66.9 Å². The Labute approximate surface area is 143 Å². The van der Waals surface area contributed by atoms with E-state index in [9.17, 15) is 9.18 Å². The Bertz CT molecular complexity index is 851. The molecule has 24 heavy (non-hydrogen) atoms. The Hall–Kier alpha value is -2.92. The van der Waals surface area contributed by atoms with Crippen molar-refractivity contribution in [3.63, 3.8) is 0 Å². The van der Waals surface area contributed by atoms with E-state index >= 15 is 0 Å². The fraction of sp³-hybridized carbons (Fsp3) is 0. The molecular formula is C18H13ClFN3O. The van der Waals surface area contributed by atoms with Gasteiger partial charge in [-0.25, -0.2) is 9.37 Å². The summed E-state index contributed by atoms with van der Waals surface area (Å²) in [5.74, 6) is -0.778. The Balaban J connectivity index is 1.67. The van der Waals surface area contributed by atoms with Gasteiger partial charge in [0.05, 0.1) is 17.4 Å². The lowest BCUT2D eigenvalue weighted by Gasteiger charge is -2.08. The van der Waals surface area contributed by atoms with Crippen LogP contribution in [0.4, 0.5) is 21.6 Å². The van der Waals surface area contributed by atoms with Gasteiger partial charge in [0.25, 0.3) is 5.91 Å². The molecule has 120 valence electrons. The highest BCUT2D eigenvalue weighted by Gasteiger charge is 2.11. The molecule has 1 aromatic heterocycles. The van der Waals surface area contributed by atoms with Crippen LogP contribution in [0.25, 0.3) is 0 Å². The van der Waals surface area contributed by atoms with Gasteiger partial charge in [-0.05, 0) is 48.5 Å². The van der Waals surface area contributed by atoms with Crippen LogP contribution in [0.1, 0.15) is 10.4 Å². The Kier molecular flexibility index (Phi) is 4.72. The SMILES string of the molecule is O=C(Nc1ccc(Nc2ccc(Cl)cc2)cn1)c1ccccc1F. The normalized spacial score (nSPS) is 10.2. The van der Waals surface area contributed by atoms with E-state index in [1.807, 2.05) is 12.1 Å². The van der Waals surface area contributed by atoms with Crippen LogP contribution in [-0.2, 0) is 0 Å². The molecule has 0 aliphatic rings. The number of halogens is 2. The zero-order valence-electron chi connectivity index (χ0n) is 12.5. The summed E-state index contributed by atoms with van der Waals surface area (Å²) in [6.45, 7) is 0. The molecule has 0 atom stereocenters. The molecule has 0 saturated carbocycles. The van der Waals surface area contributed by atoms with Gasteiger partial charge < -0.3 is 10.6 Å². The predicted octanol–water partition coefficient (Wildman–Crippen LogP) is 4.87. The third-order valence-electron chi connectivity index (χ3n) is 3.26. The van der Waals surface area contributed by atoms with Crippen molar-refractivity contribution >= 4 is 34.7 Å². The van der Waals surface area contributed by atoms with Gasteiger partial charge in [0.15, 0.2) is 0 Å². The standard InChI is InChI=1S/C18H13ClFN3O/c19-12-5-7-13(8-6-12)22-14-9-10-17(21-11-14)23-18(24)15-3-1-2-4-16(15)20/h1-11,22H,(H,21,23,24). The number of hydrogen-bond donors (Lipinski definition) is 2. The van der Waals surface area contributed by atoms with Gasteiger partial charge >= 0.3 is 0 Å². The molecule has 6 heteroatoms. The van der Waals surface area contributed by atoms with E-state index in [0.717, 1.165) is 11.4 Å². The summed E-state index contributed by atoms with van der Waals surface area (Å²) in [4.78, 5) is 16.2. The number of nitrogens with zero attached hydrogens (tertiary/aromatic N) is 1. The average Bonchev–Trinajstić information content (AvgIpc) is 2.59. The largest absolute Gasteiger partial charge is 0.354 e. The van der Waals surface area contributed by atoms with Crippen LogP contribution in [0.3, 0.4) is 0 Å². The summed E-state index contributed by atoms with van der Waals surface area (Å²) in [5, 5.41) is 6.38. The predicted molar refractivity (Wildman–Crippen MR) is 93.3 cm³/mol. The highest BCUT2D eigenvalue weighted by molar-refractivity contribution is 6.30. The molecule has 0 radical (unpaired) electrons. The van der Waals surface area contributed by atoms with Crippen LogP contribution in [0.2, 0.25) is 5.02 Å². The Morgan fingerprint density at radius 1 is 0.958 bits per heavy atom. The smallest absolute Gasteiger partial charge is 0.259 e. The lowest BCUT2D eigenvalue weighted by Crippen LogP contribution is -2.14. The third kappa shape index (κ3) is 3.88. The number of carbonyl (C=O) groups excluding carboxylic acids is 1. The van der Waals surface area contributed by atoms with Crippen LogP contribution in [-0.4, -0.2) is 10.9 Å². The number of hydrogen-bond acceptors (Lipinski definition) is 3. The number of benzene rings is 2. The summed E-state index contributed by atoms with van der Waals surface area (Å²) < 4.78 is 13.6. The highest BCUT2D eigenvalue weighted by Crippen LogP contribution is 2.19. The number of rotatable bonds is 4. The maximum Gasteiger partial charge on any atom is 0.259 e. The molecular weight excluding hydrogens is 329 g/mol. The first kappa shape index (κ1) is 16.0. The fourth-order valence-corrected chi connectivity index (χ4v) is 2.20. The minimum absolute atomic E-state index is 0.0253. The maximum absolute atomic E-state index is 13.6. The molecule has 0 aliphatic heterocycles. The van der Waals surface area contributed by atoms with Crippen molar-refractivity contribution in [3.8, 4) is 0 Å². The van der Waals surface area contributed by atoms with Gasteiger partial charge in [0.1, 0.15) is 11.6 Å². The van der Waals surface area contributed by atoms with Crippen molar-refractivity contribution in [2.75, 3.05) is 10.6 Å². The molecule has 0 saturated heterocycles. The van der Waals surface area contributed by atoms with E-state index < -0.39 is 11.7 Å². The van der Waals surface area contributed by atoms with Gasteiger partial charge in [-0.1, -0.05) is 23.7 Å². The monoisotopic (exact) mass is 341 g/mol. The summed E-state index contributed by atoms with van der Waals surface area (Å²) in [7, 11) is 0. The Morgan fingerprint density at radius 2 is 1.67 bits per heavy atom. The van der Waals surface area contributed by atoms with Crippen molar-refractivity contribution in [1.82, 2.24) is 4.98 Å². The summed E-state index contributed by atoms with van der Waals surface area (Å²) in [6, 6.07) is 16.4. The van der Waals surface area contributed by atoms with E-state index in [-0.39, 0.29) is 5.56 Å². The number of pyridine rings is 1. The molecule has 1 amide bonds. The second-order valence-electron chi connectivity index (χ2n) is 5.00. The van der Waals surface area contributed by atoms with Crippen molar-refractivity contribution in [1.29, 1.82) is 0 Å². The highest BCUT2D eigenvalue weighted by atomic mass is 35.5. The van der Waals surface area contributed by atoms with Crippen molar-refractivity contribution in [2.24, 2.45) is 0 Å². The first-order chi connectivity index (χ1) is 11.6. The Morgan fingerprint density at radius 3 is 2.33 bits per heavy atom. The molecule has 3 rings (SSSR count). The maximum atomic E-state index is 13.6. The summed E-state index contributed by atoms with van der Waals surface area (Å²) in [5.41, 5.74) is 1.59. The number of amides is 1. The van der Waals surface area contributed by atoms with Gasteiger partial charge in [-0.2, -0.15) is 0 Å². The minimum atomic E-state index is -0.573. The van der Waals surface area contributed by atoms with Gasteiger partial charge in [-0.15, -0.1) is 0 Å². The second-order valence-corrected chi connectivity index (χ2v) is 5.43. The van der Waals surface area contributed by atoms with E-state index in [1.54, 1.807) is 36.5 Å². The number of aromatic nitrogens is 1. The fourth-order valence-electron chi connectivity index (χ4n) is 2.07. The average molecular weight is 342 g/mol. The van der Waals surface area contributed by atoms with Crippen molar-refractivity contribution in [3.05, 3.63) is 83.3 Å². The molecule has 0 spiro atoms. The third-order valence-corrected chi connectivity index (χ3v) is 3.51. The first-order valence-corrected chi connectivity index (χ1v) is 7.54. The quantitative estimate of drug-likeness (QED) is 0.711. The molecule has 3 aromatic rings. The zero-order valence-corrected chi connectivity index (χ0v) is 13.2. The topological polar surface area (TPSA) is 54.0 Å². The van der Waals surface area contributed by atoms with Crippen LogP contribution in [0, 0.1) is 5.82 Å². The van der Waals surface area contributed by atoms with Crippen LogP contribution < -0.4 is 10.6 Å². The summed E-state index contributed by atoms with van der Waals surface area (Å²) >= 11 is 5.84. The summed E-state index contributed by atoms with van der Waals surface area (Å²) in [6.07, 6.45) is 1.57. The van der Waals surface area contributed by atoms with Crippen LogP contribution >= 0.6 is 11.6 Å². The number of nitrogens with one attached hydrogen (secondary N) is 2. The number of carbonyl (C=O) groups is 1. The van der Waals surface area contributed by atoms with E-state index in [4.69, 9.17) is 11.6 Å². The minimum Gasteiger partial charge on any atom is -0.354 e. The second kappa shape index (κ2) is 7.10. The number of anilines is 3. The molecule has 0 aliphatic carbocycles. The van der Waals surface area contributed by atoms with Gasteiger partial charge in [0.2, 0.25) is 0 Å². The van der Waals surface area contributed by atoms with E-state index in [2.05, 4.69) is 15.6 Å². The lowest BCUT2D eigenvalue weighted by molar-refractivity contribution is 0.102. The molecule has 2 aromatic carbocycles. The van der Waals surface area contributed by atoms with Crippen molar-refractivity contribution < 1.29 is 9.18 Å². The molecule has 4 nitrogen and oxygen atoms in total. The van der Waals surface area contributed by atoms with Crippen molar-refractivity contribution in [2.45, 2.75) is 0 Å². The van der Waals surface area contributed by atoms with Gasteiger partial charge in [-0.3, -0.25) is 4.79 Å². The van der Waals surface area contributed by atoms with Gasteiger partial charge in [0, 0.05) is 10.7 Å². The molecule has 0 bridgehead atoms.